The van der Waals surface area contributed by atoms with Gasteiger partial charge in [0.25, 0.3) is 0 Å². The van der Waals surface area contributed by atoms with Crippen LogP contribution in [0.1, 0.15) is 24.1 Å². The van der Waals surface area contributed by atoms with Crippen molar-refractivity contribution in [3.05, 3.63) is 107 Å². The van der Waals surface area contributed by atoms with E-state index in [0.717, 1.165) is 22.4 Å². The van der Waals surface area contributed by atoms with Crippen molar-refractivity contribution in [2.75, 3.05) is 7.11 Å². The molecule has 0 N–H and O–H groups in total. The summed E-state index contributed by atoms with van der Waals surface area (Å²) in [4.78, 5) is 12.6. The molecule has 1 atom stereocenters. The Kier molecular flexibility index (Phi) is 5.70. The van der Waals surface area contributed by atoms with E-state index in [1.54, 1.807) is 4.57 Å². The van der Waals surface area contributed by atoms with Crippen molar-refractivity contribution in [2.24, 2.45) is 0 Å². The summed E-state index contributed by atoms with van der Waals surface area (Å²) in [5.41, 5.74) is 3.52. The fourth-order valence-electron chi connectivity index (χ4n) is 3.44. The summed E-state index contributed by atoms with van der Waals surface area (Å²) in [6, 6.07) is 27.2. The molecule has 0 spiro atoms. The Bertz CT molecular complexity index is 1150. The lowest BCUT2D eigenvalue weighted by molar-refractivity contribution is 0.293. The van der Waals surface area contributed by atoms with Crippen LogP contribution in [-0.4, -0.2) is 11.7 Å². The summed E-state index contributed by atoms with van der Waals surface area (Å²) >= 11 is 0. The summed E-state index contributed by atoms with van der Waals surface area (Å²) < 4.78 is 18.2. The highest BCUT2D eigenvalue weighted by Crippen LogP contribution is 2.34. The molecule has 5 nitrogen and oxygen atoms in total. The summed E-state index contributed by atoms with van der Waals surface area (Å²) in [5, 5.41) is 0. The van der Waals surface area contributed by atoms with Gasteiger partial charge < -0.3 is 13.9 Å². The Balaban J connectivity index is 1.64. The first-order valence-electron chi connectivity index (χ1n) is 9.79. The number of nitrogens with zero attached hydrogens (tertiary/aromatic N) is 1. The third kappa shape index (κ3) is 4.01. The molecule has 3 aromatic carbocycles. The molecule has 4 rings (SSSR count). The average molecular weight is 401 g/mol. The second kappa shape index (κ2) is 8.74. The Labute approximate surface area is 175 Å². The lowest BCUT2D eigenvalue weighted by Crippen LogP contribution is -2.20. The molecule has 1 aromatic heterocycles. The van der Waals surface area contributed by atoms with Crippen LogP contribution in [0.5, 0.6) is 11.7 Å². The first kappa shape index (κ1) is 19.6. The quantitative estimate of drug-likeness (QED) is 0.421. The van der Waals surface area contributed by atoms with Gasteiger partial charge in [-0.05, 0) is 42.3 Å². The number of rotatable bonds is 7. The molecule has 1 unspecified atom stereocenters. The van der Waals surface area contributed by atoms with Gasteiger partial charge in [0, 0.05) is 5.56 Å². The SMILES string of the molecule is COc1oc(=O)n(C(C)c2ccccc2)c1-c1ccc(OCc2ccccc2)cc1. The number of aromatic nitrogens is 1. The molecule has 4 aromatic rings. The average Bonchev–Trinajstić information content (AvgIpc) is 3.15. The minimum absolute atomic E-state index is 0.195. The van der Waals surface area contributed by atoms with Gasteiger partial charge in [-0.15, -0.1) is 0 Å². The van der Waals surface area contributed by atoms with Crippen molar-refractivity contribution in [1.29, 1.82) is 0 Å². The molecule has 0 aliphatic carbocycles. The molecule has 0 aliphatic rings. The zero-order valence-corrected chi connectivity index (χ0v) is 16.9. The fourth-order valence-corrected chi connectivity index (χ4v) is 3.44. The zero-order valence-electron chi connectivity index (χ0n) is 16.9. The van der Waals surface area contributed by atoms with Crippen LogP contribution in [0.4, 0.5) is 0 Å². The van der Waals surface area contributed by atoms with Crippen molar-refractivity contribution >= 4 is 0 Å². The molecule has 0 saturated carbocycles. The van der Waals surface area contributed by atoms with Crippen LogP contribution in [0.15, 0.2) is 94.1 Å². The van der Waals surface area contributed by atoms with Gasteiger partial charge in [-0.25, -0.2) is 4.79 Å². The predicted molar refractivity (Wildman–Crippen MR) is 116 cm³/mol. The van der Waals surface area contributed by atoms with Gasteiger partial charge >= 0.3 is 11.7 Å². The molecule has 1 heterocycles. The Morgan fingerprint density at radius 3 is 2.17 bits per heavy atom. The van der Waals surface area contributed by atoms with Crippen LogP contribution in [0, 0.1) is 0 Å². The maximum atomic E-state index is 12.6. The molecule has 0 amide bonds. The van der Waals surface area contributed by atoms with E-state index >= 15 is 0 Å². The number of hydrogen-bond acceptors (Lipinski definition) is 4. The van der Waals surface area contributed by atoms with Gasteiger partial charge in [0.2, 0.25) is 0 Å². The number of benzene rings is 3. The highest BCUT2D eigenvalue weighted by atomic mass is 16.6. The Hall–Kier alpha value is -3.73. The molecular formula is C25H23NO4. The van der Waals surface area contributed by atoms with E-state index in [1.165, 1.54) is 7.11 Å². The van der Waals surface area contributed by atoms with Crippen LogP contribution in [0.2, 0.25) is 0 Å². The highest BCUT2D eigenvalue weighted by Gasteiger charge is 2.24. The lowest BCUT2D eigenvalue weighted by atomic mass is 10.1. The van der Waals surface area contributed by atoms with E-state index < -0.39 is 5.76 Å². The molecule has 5 heteroatoms. The predicted octanol–water partition coefficient (Wildman–Crippen LogP) is 5.31. The Morgan fingerprint density at radius 1 is 0.900 bits per heavy atom. The first-order chi connectivity index (χ1) is 14.7. The second-order valence-electron chi connectivity index (χ2n) is 6.96. The van der Waals surface area contributed by atoms with Crippen LogP contribution in [0.25, 0.3) is 11.3 Å². The van der Waals surface area contributed by atoms with Crippen molar-refractivity contribution in [3.8, 4) is 23.0 Å². The lowest BCUT2D eigenvalue weighted by Gasteiger charge is -2.16. The van der Waals surface area contributed by atoms with Crippen molar-refractivity contribution in [1.82, 2.24) is 4.57 Å². The standard InChI is InChI=1S/C25H23NO4/c1-18(20-11-7-4-8-12-20)26-23(24(28-2)30-25(26)27)21-13-15-22(16-14-21)29-17-19-9-5-3-6-10-19/h3-16,18H,17H2,1-2H3. The van der Waals surface area contributed by atoms with E-state index in [4.69, 9.17) is 13.9 Å². The van der Waals surface area contributed by atoms with Gasteiger partial charge in [0.05, 0.1) is 13.2 Å². The van der Waals surface area contributed by atoms with Crippen LogP contribution < -0.4 is 15.2 Å². The van der Waals surface area contributed by atoms with Gasteiger partial charge in [-0.2, -0.15) is 0 Å². The van der Waals surface area contributed by atoms with E-state index in [1.807, 2.05) is 91.9 Å². The van der Waals surface area contributed by atoms with Crippen LogP contribution in [-0.2, 0) is 6.61 Å². The van der Waals surface area contributed by atoms with E-state index in [9.17, 15) is 4.79 Å². The summed E-state index contributed by atoms with van der Waals surface area (Å²) in [5.74, 6) is 0.485. The molecule has 0 fully saturated rings. The molecule has 30 heavy (non-hydrogen) atoms. The molecular weight excluding hydrogens is 378 g/mol. The van der Waals surface area contributed by atoms with Crippen LogP contribution in [0.3, 0.4) is 0 Å². The van der Waals surface area contributed by atoms with Crippen LogP contribution >= 0.6 is 0 Å². The van der Waals surface area contributed by atoms with Gasteiger partial charge in [0.15, 0.2) is 0 Å². The zero-order chi connectivity index (χ0) is 20.9. The van der Waals surface area contributed by atoms with Gasteiger partial charge in [0.1, 0.15) is 18.1 Å². The molecule has 152 valence electrons. The van der Waals surface area contributed by atoms with E-state index in [2.05, 4.69) is 0 Å². The first-order valence-corrected chi connectivity index (χ1v) is 9.79. The largest absolute Gasteiger partial charge is 0.489 e. The summed E-state index contributed by atoms with van der Waals surface area (Å²) in [7, 11) is 1.50. The van der Waals surface area contributed by atoms with Crippen molar-refractivity contribution in [2.45, 2.75) is 19.6 Å². The third-order valence-electron chi connectivity index (χ3n) is 5.04. The fraction of sp³-hybridized carbons (Fsp3) is 0.160. The summed E-state index contributed by atoms with van der Waals surface area (Å²) in [6.07, 6.45) is 0. The normalized spacial score (nSPS) is 11.8. The monoisotopic (exact) mass is 401 g/mol. The molecule has 0 bridgehead atoms. The van der Waals surface area contributed by atoms with Crippen molar-refractivity contribution in [3.63, 3.8) is 0 Å². The maximum absolute atomic E-state index is 12.6. The van der Waals surface area contributed by atoms with Gasteiger partial charge in [-0.3, -0.25) is 4.57 Å². The minimum Gasteiger partial charge on any atom is -0.489 e. The van der Waals surface area contributed by atoms with E-state index in [-0.39, 0.29) is 12.0 Å². The molecule has 0 saturated heterocycles. The van der Waals surface area contributed by atoms with Crippen molar-refractivity contribution < 1.29 is 13.9 Å². The maximum Gasteiger partial charge on any atom is 0.423 e. The topological polar surface area (TPSA) is 53.6 Å². The third-order valence-corrected chi connectivity index (χ3v) is 5.04. The summed E-state index contributed by atoms with van der Waals surface area (Å²) in [6.45, 7) is 2.46. The number of ether oxygens (including phenoxy) is 2. The van der Waals surface area contributed by atoms with E-state index in [0.29, 0.717) is 12.3 Å². The van der Waals surface area contributed by atoms with Gasteiger partial charge in [-0.1, -0.05) is 60.7 Å². The molecule has 0 radical (unpaired) electrons. The smallest absolute Gasteiger partial charge is 0.423 e. The Morgan fingerprint density at radius 2 is 1.53 bits per heavy atom. The number of hydrogen-bond donors (Lipinski definition) is 0. The molecule has 0 aliphatic heterocycles. The number of oxazole rings is 1. The minimum atomic E-state index is -0.456. The highest BCUT2D eigenvalue weighted by molar-refractivity contribution is 5.65. The number of methoxy groups -OCH3 is 1. The second-order valence-corrected chi connectivity index (χ2v) is 6.96.